The highest BCUT2D eigenvalue weighted by Crippen LogP contribution is 2.27. The fourth-order valence-electron chi connectivity index (χ4n) is 1.02. The first-order valence-corrected chi connectivity index (χ1v) is 4.17. The van der Waals surface area contributed by atoms with Crippen LogP contribution in [0.1, 0.15) is 17.7 Å². The lowest BCUT2D eigenvalue weighted by atomic mass is 10.1. The number of rotatable bonds is 3. The van der Waals surface area contributed by atoms with Gasteiger partial charge in [-0.15, -0.1) is 0 Å². The number of halogens is 3. The largest absolute Gasteiger partial charge is 0.433 e. The van der Waals surface area contributed by atoms with E-state index >= 15 is 0 Å². The van der Waals surface area contributed by atoms with Crippen LogP contribution < -0.4 is 0 Å². The van der Waals surface area contributed by atoms with E-state index in [2.05, 4.69) is 4.98 Å². The Morgan fingerprint density at radius 3 is 2.43 bits per heavy atom. The molecule has 0 saturated heterocycles. The van der Waals surface area contributed by atoms with Crippen molar-refractivity contribution >= 4 is 0 Å². The van der Waals surface area contributed by atoms with E-state index in [1.54, 1.807) is 0 Å². The molecule has 0 unspecified atom stereocenters. The van der Waals surface area contributed by atoms with Gasteiger partial charge >= 0.3 is 6.18 Å². The predicted molar refractivity (Wildman–Crippen MR) is 44.6 cm³/mol. The third kappa shape index (κ3) is 2.99. The van der Waals surface area contributed by atoms with Crippen LogP contribution in [0.25, 0.3) is 0 Å². The summed E-state index contributed by atoms with van der Waals surface area (Å²) in [6.07, 6.45) is -2.11. The molecule has 14 heavy (non-hydrogen) atoms. The van der Waals surface area contributed by atoms with E-state index in [9.17, 15) is 13.2 Å². The molecular weight excluding hydrogens is 195 g/mol. The van der Waals surface area contributed by atoms with Crippen LogP contribution >= 0.6 is 0 Å². The maximum atomic E-state index is 12.1. The smallest absolute Gasteiger partial charge is 0.396 e. The summed E-state index contributed by atoms with van der Waals surface area (Å²) >= 11 is 0. The second kappa shape index (κ2) is 4.41. The monoisotopic (exact) mass is 205 g/mol. The van der Waals surface area contributed by atoms with Crippen LogP contribution in [0.15, 0.2) is 18.3 Å². The standard InChI is InChI=1S/C9H10F3NO/c10-9(11,12)8-4-3-7(6-13-8)2-1-5-14/h3-4,6,14H,1-2,5H2. The van der Waals surface area contributed by atoms with Gasteiger partial charge in [0, 0.05) is 12.8 Å². The van der Waals surface area contributed by atoms with Crippen molar-refractivity contribution in [2.45, 2.75) is 19.0 Å². The van der Waals surface area contributed by atoms with Gasteiger partial charge in [0.05, 0.1) is 0 Å². The Morgan fingerprint density at radius 1 is 1.29 bits per heavy atom. The van der Waals surface area contributed by atoms with Gasteiger partial charge in [-0.25, -0.2) is 0 Å². The molecule has 78 valence electrons. The molecule has 0 aliphatic heterocycles. The summed E-state index contributed by atoms with van der Waals surface area (Å²) in [4.78, 5) is 3.30. The molecule has 1 aromatic heterocycles. The van der Waals surface area contributed by atoms with Crippen LogP contribution in [0.5, 0.6) is 0 Å². The fourth-order valence-corrected chi connectivity index (χ4v) is 1.02. The molecule has 1 rings (SSSR count). The first-order valence-electron chi connectivity index (χ1n) is 4.17. The number of nitrogens with zero attached hydrogens (tertiary/aromatic N) is 1. The number of aliphatic hydroxyl groups is 1. The maximum Gasteiger partial charge on any atom is 0.433 e. The number of aliphatic hydroxyl groups excluding tert-OH is 1. The first-order chi connectivity index (χ1) is 6.54. The van der Waals surface area contributed by atoms with Crippen molar-refractivity contribution in [1.82, 2.24) is 4.98 Å². The van der Waals surface area contributed by atoms with E-state index < -0.39 is 11.9 Å². The van der Waals surface area contributed by atoms with Gasteiger partial charge in [0.1, 0.15) is 5.69 Å². The van der Waals surface area contributed by atoms with Gasteiger partial charge in [-0.05, 0) is 24.5 Å². The zero-order chi connectivity index (χ0) is 10.6. The van der Waals surface area contributed by atoms with Crippen LogP contribution in [-0.2, 0) is 12.6 Å². The lowest BCUT2D eigenvalue weighted by Crippen LogP contribution is -2.07. The molecule has 0 fully saturated rings. The highest BCUT2D eigenvalue weighted by atomic mass is 19.4. The van der Waals surface area contributed by atoms with Crippen molar-refractivity contribution in [2.75, 3.05) is 6.61 Å². The summed E-state index contributed by atoms with van der Waals surface area (Å²) in [6.45, 7) is 0.0288. The Kier molecular flexibility index (Phi) is 3.46. The van der Waals surface area contributed by atoms with E-state index in [-0.39, 0.29) is 6.61 Å². The molecule has 5 heteroatoms. The highest BCUT2D eigenvalue weighted by Gasteiger charge is 2.31. The normalized spacial score (nSPS) is 11.7. The molecule has 0 amide bonds. The average molecular weight is 205 g/mol. The van der Waals surface area contributed by atoms with E-state index in [0.29, 0.717) is 18.4 Å². The van der Waals surface area contributed by atoms with Crippen molar-refractivity contribution < 1.29 is 18.3 Å². The molecule has 1 aromatic rings. The molecular formula is C9H10F3NO. The van der Waals surface area contributed by atoms with Crippen LogP contribution in [0, 0.1) is 0 Å². The minimum atomic E-state index is -4.38. The molecule has 0 radical (unpaired) electrons. The van der Waals surface area contributed by atoms with Crippen LogP contribution in [0.3, 0.4) is 0 Å². The summed E-state index contributed by atoms with van der Waals surface area (Å²) < 4.78 is 36.2. The minimum absolute atomic E-state index is 0.0288. The molecule has 0 atom stereocenters. The first kappa shape index (κ1) is 11.0. The zero-order valence-corrected chi connectivity index (χ0v) is 7.38. The molecule has 1 N–H and O–H groups in total. The number of aromatic nitrogens is 1. The van der Waals surface area contributed by atoms with Gasteiger partial charge in [0.25, 0.3) is 0 Å². The van der Waals surface area contributed by atoms with Crippen LogP contribution in [0.4, 0.5) is 13.2 Å². The summed E-state index contributed by atoms with van der Waals surface area (Å²) in [5, 5.41) is 8.51. The van der Waals surface area contributed by atoms with E-state index in [0.717, 1.165) is 6.07 Å². The van der Waals surface area contributed by atoms with Crippen molar-refractivity contribution in [2.24, 2.45) is 0 Å². The van der Waals surface area contributed by atoms with Gasteiger partial charge in [-0.1, -0.05) is 6.07 Å². The molecule has 0 aliphatic carbocycles. The zero-order valence-electron chi connectivity index (χ0n) is 7.38. The van der Waals surface area contributed by atoms with Crippen molar-refractivity contribution in [1.29, 1.82) is 0 Å². The van der Waals surface area contributed by atoms with Crippen molar-refractivity contribution in [3.8, 4) is 0 Å². The Hall–Kier alpha value is -1.10. The summed E-state index contributed by atoms with van der Waals surface area (Å²) in [5.74, 6) is 0. The second-order valence-corrected chi connectivity index (χ2v) is 2.88. The predicted octanol–water partition coefficient (Wildman–Crippen LogP) is 2.03. The van der Waals surface area contributed by atoms with Gasteiger partial charge in [0.2, 0.25) is 0 Å². The van der Waals surface area contributed by atoms with Crippen LogP contribution in [-0.4, -0.2) is 16.7 Å². The molecule has 0 saturated carbocycles. The Balaban J connectivity index is 2.69. The van der Waals surface area contributed by atoms with E-state index in [4.69, 9.17) is 5.11 Å². The molecule has 0 aromatic carbocycles. The van der Waals surface area contributed by atoms with Crippen molar-refractivity contribution in [3.05, 3.63) is 29.6 Å². The van der Waals surface area contributed by atoms with Crippen molar-refractivity contribution in [3.63, 3.8) is 0 Å². The number of hydrogen-bond donors (Lipinski definition) is 1. The third-order valence-corrected chi connectivity index (χ3v) is 1.74. The SMILES string of the molecule is OCCCc1ccc(C(F)(F)F)nc1. The van der Waals surface area contributed by atoms with Gasteiger partial charge in [-0.2, -0.15) is 13.2 Å². The lowest BCUT2D eigenvalue weighted by Gasteiger charge is -2.05. The molecule has 0 aliphatic rings. The Bertz CT molecular complexity index is 281. The minimum Gasteiger partial charge on any atom is -0.396 e. The van der Waals surface area contributed by atoms with E-state index in [1.807, 2.05) is 0 Å². The molecule has 0 spiro atoms. The Labute approximate surface area is 79.4 Å². The van der Waals surface area contributed by atoms with E-state index in [1.165, 1.54) is 12.3 Å². The van der Waals surface area contributed by atoms with Gasteiger partial charge in [0.15, 0.2) is 0 Å². The second-order valence-electron chi connectivity index (χ2n) is 2.88. The molecule has 2 nitrogen and oxygen atoms in total. The van der Waals surface area contributed by atoms with Gasteiger partial charge in [-0.3, -0.25) is 4.98 Å². The highest BCUT2D eigenvalue weighted by molar-refractivity contribution is 5.15. The number of aryl methyl sites for hydroxylation is 1. The number of hydrogen-bond acceptors (Lipinski definition) is 2. The molecule has 1 heterocycles. The third-order valence-electron chi connectivity index (χ3n) is 1.74. The summed E-state index contributed by atoms with van der Waals surface area (Å²) in [6, 6.07) is 2.33. The average Bonchev–Trinajstić information content (AvgIpc) is 2.14. The fraction of sp³-hybridized carbons (Fsp3) is 0.444. The maximum absolute atomic E-state index is 12.1. The summed E-state index contributed by atoms with van der Waals surface area (Å²) in [7, 11) is 0. The number of alkyl halides is 3. The summed E-state index contributed by atoms with van der Waals surface area (Å²) in [5.41, 5.74) is -0.183. The van der Waals surface area contributed by atoms with Crippen LogP contribution in [0.2, 0.25) is 0 Å². The molecule has 0 bridgehead atoms. The van der Waals surface area contributed by atoms with Gasteiger partial charge < -0.3 is 5.11 Å². The number of pyridine rings is 1. The quantitative estimate of drug-likeness (QED) is 0.818. The Morgan fingerprint density at radius 2 is 2.00 bits per heavy atom. The topological polar surface area (TPSA) is 33.1 Å². The lowest BCUT2D eigenvalue weighted by molar-refractivity contribution is -0.141.